The monoisotopic (exact) mass is 324 g/mol. The maximum Gasteiger partial charge on any atom is 0.415 e. The summed E-state index contributed by atoms with van der Waals surface area (Å²) in [5.41, 5.74) is 1.77. The zero-order valence-electron chi connectivity index (χ0n) is 10.9. The van der Waals surface area contributed by atoms with Crippen LogP contribution in [0.3, 0.4) is 0 Å². The number of hydrogen-bond acceptors (Lipinski definition) is 3. The number of hydrogen-bond donors (Lipinski definition) is 1. The number of halogens is 1. The number of piperidine rings is 1. The van der Waals surface area contributed by atoms with Gasteiger partial charge in [0.25, 0.3) is 0 Å². The van der Waals surface area contributed by atoms with Gasteiger partial charge in [0.05, 0.1) is 6.54 Å². The largest absolute Gasteiger partial charge is 0.441 e. The molecule has 2 heterocycles. The Bertz CT molecular complexity index is 512. The molecule has 0 radical (unpaired) electrons. The molecule has 2 fully saturated rings. The van der Waals surface area contributed by atoms with E-state index in [1.807, 2.05) is 25.1 Å². The molecule has 19 heavy (non-hydrogen) atoms. The third-order valence-electron chi connectivity index (χ3n) is 3.95. The molecular formula is C14H17BrN2O2. The van der Waals surface area contributed by atoms with Crippen LogP contribution in [0.2, 0.25) is 0 Å². The van der Waals surface area contributed by atoms with Gasteiger partial charge in [-0.1, -0.05) is 22.0 Å². The lowest BCUT2D eigenvalue weighted by molar-refractivity contribution is 0.0316. The van der Waals surface area contributed by atoms with Gasteiger partial charge in [-0.05, 0) is 37.7 Å². The van der Waals surface area contributed by atoms with Crippen molar-refractivity contribution in [3.63, 3.8) is 0 Å². The van der Waals surface area contributed by atoms with Crippen LogP contribution in [0, 0.1) is 6.92 Å². The van der Waals surface area contributed by atoms with E-state index in [0.717, 1.165) is 41.7 Å². The molecular weight excluding hydrogens is 308 g/mol. The molecule has 0 bridgehead atoms. The van der Waals surface area contributed by atoms with Crippen LogP contribution >= 0.6 is 15.9 Å². The second kappa shape index (κ2) is 4.80. The maximum absolute atomic E-state index is 12.1. The van der Waals surface area contributed by atoms with Crippen molar-refractivity contribution in [1.29, 1.82) is 0 Å². The number of anilines is 1. The lowest BCUT2D eigenvalue weighted by Gasteiger charge is -2.31. The first-order valence-electron chi connectivity index (χ1n) is 6.57. The van der Waals surface area contributed by atoms with Crippen molar-refractivity contribution in [2.45, 2.75) is 25.4 Å². The molecule has 1 N–H and O–H groups in total. The van der Waals surface area contributed by atoms with Crippen molar-refractivity contribution in [3.8, 4) is 0 Å². The highest BCUT2D eigenvalue weighted by Crippen LogP contribution is 2.35. The SMILES string of the molecule is Cc1ccc(N2CC3(CCNCC3)OC2=O)cc1Br. The number of nitrogens with zero attached hydrogens (tertiary/aromatic N) is 1. The lowest BCUT2D eigenvalue weighted by atomic mass is 9.92. The number of benzene rings is 1. The van der Waals surface area contributed by atoms with Crippen molar-refractivity contribution in [2.24, 2.45) is 0 Å². The van der Waals surface area contributed by atoms with E-state index < -0.39 is 0 Å². The molecule has 0 atom stereocenters. The van der Waals surface area contributed by atoms with Crippen LogP contribution in [0.1, 0.15) is 18.4 Å². The number of nitrogens with one attached hydrogen (secondary N) is 1. The maximum atomic E-state index is 12.1. The number of ether oxygens (including phenoxy) is 1. The summed E-state index contributed by atoms with van der Waals surface area (Å²) in [7, 11) is 0. The van der Waals surface area contributed by atoms with Crippen LogP contribution in [-0.4, -0.2) is 31.3 Å². The molecule has 1 spiro atoms. The topological polar surface area (TPSA) is 41.6 Å². The summed E-state index contributed by atoms with van der Waals surface area (Å²) in [6.45, 7) is 4.52. The summed E-state index contributed by atoms with van der Waals surface area (Å²) >= 11 is 3.51. The number of rotatable bonds is 1. The van der Waals surface area contributed by atoms with E-state index >= 15 is 0 Å². The van der Waals surface area contributed by atoms with Crippen LogP contribution in [0.4, 0.5) is 10.5 Å². The molecule has 4 nitrogen and oxygen atoms in total. The van der Waals surface area contributed by atoms with E-state index in [0.29, 0.717) is 6.54 Å². The van der Waals surface area contributed by atoms with Gasteiger partial charge in [0, 0.05) is 23.0 Å². The number of carbonyl (C=O) groups excluding carboxylic acids is 1. The van der Waals surface area contributed by atoms with E-state index in [4.69, 9.17) is 4.74 Å². The van der Waals surface area contributed by atoms with Gasteiger partial charge in [-0.15, -0.1) is 0 Å². The van der Waals surface area contributed by atoms with Crippen molar-refractivity contribution < 1.29 is 9.53 Å². The average Bonchev–Trinajstić information content (AvgIpc) is 2.70. The standard InChI is InChI=1S/C14H17BrN2O2/c1-10-2-3-11(8-12(10)15)17-9-14(19-13(17)18)4-6-16-7-5-14/h2-3,8,16H,4-7,9H2,1H3. The minimum atomic E-state index is -0.292. The molecule has 0 aromatic heterocycles. The quantitative estimate of drug-likeness (QED) is 0.863. The van der Waals surface area contributed by atoms with E-state index in [1.54, 1.807) is 4.90 Å². The summed E-state index contributed by atoms with van der Waals surface area (Å²) in [6.07, 6.45) is 1.56. The van der Waals surface area contributed by atoms with Crippen molar-refractivity contribution in [3.05, 3.63) is 28.2 Å². The van der Waals surface area contributed by atoms with E-state index in [2.05, 4.69) is 21.2 Å². The van der Waals surface area contributed by atoms with Crippen LogP contribution in [-0.2, 0) is 4.74 Å². The van der Waals surface area contributed by atoms with Crippen molar-refractivity contribution >= 4 is 27.7 Å². The fourth-order valence-corrected chi connectivity index (χ4v) is 3.08. The van der Waals surface area contributed by atoms with Gasteiger partial charge >= 0.3 is 6.09 Å². The molecule has 102 valence electrons. The lowest BCUT2D eigenvalue weighted by Crippen LogP contribution is -2.44. The molecule has 0 aliphatic carbocycles. The molecule has 0 unspecified atom stereocenters. The Balaban J connectivity index is 1.85. The Morgan fingerprint density at radius 1 is 1.37 bits per heavy atom. The summed E-state index contributed by atoms with van der Waals surface area (Å²) < 4.78 is 6.68. The van der Waals surface area contributed by atoms with Gasteiger partial charge in [0.1, 0.15) is 5.60 Å². The van der Waals surface area contributed by atoms with Crippen LogP contribution < -0.4 is 10.2 Å². The molecule has 3 rings (SSSR count). The van der Waals surface area contributed by atoms with Gasteiger partial charge in [0.15, 0.2) is 0 Å². The predicted molar refractivity (Wildman–Crippen MR) is 77.5 cm³/mol. The first-order valence-corrected chi connectivity index (χ1v) is 7.36. The highest BCUT2D eigenvalue weighted by Gasteiger charge is 2.46. The number of amides is 1. The zero-order chi connectivity index (χ0) is 13.5. The Labute approximate surface area is 121 Å². The summed E-state index contributed by atoms with van der Waals surface area (Å²) in [4.78, 5) is 13.9. The smallest absolute Gasteiger partial charge is 0.415 e. The summed E-state index contributed by atoms with van der Waals surface area (Å²) in [5, 5.41) is 3.30. The van der Waals surface area contributed by atoms with Crippen LogP contribution in [0.5, 0.6) is 0 Å². The first-order chi connectivity index (χ1) is 9.10. The van der Waals surface area contributed by atoms with Gasteiger partial charge < -0.3 is 10.1 Å². The molecule has 2 aliphatic rings. The van der Waals surface area contributed by atoms with Crippen LogP contribution in [0.25, 0.3) is 0 Å². The van der Waals surface area contributed by atoms with Gasteiger partial charge in [0.2, 0.25) is 0 Å². The minimum absolute atomic E-state index is 0.224. The zero-order valence-corrected chi connectivity index (χ0v) is 12.5. The van der Waals surface area contributed by atoms with Crippen LogP contribution in [0.15, 0.2) is 22.7 Å². The second-order valence-electron chi connectivity index (χ2n) is 5.32. The molecule has 1 aromatic rings. The fourth-order valence-electron chi connectivity index (χ4n) is 2.71. The average molecular weight is 325 g/mol. The van der Waals surface area contributed by atoms with E-state index in [9.17, 15) is 4.79 Å². The normalized spacial score (nSPS) is 21.8. The minimum Gasteiger partial charge on any atom is -0.441 e. The second-order valence-corrected chi connectivity index (χ2v) is 6.17. The highest BCUT2D eigenvalue weighted by atomic mass is 79.9. The molecule has 1 amide bonds. The molecule has 1 aromatic carbocycles. The first kappa shape index (κ1) is 12.9. The van der Waals surface area contributed by atoms with Crippen molar-refractivity contribution in [2.75, 3.05) is 24.5 Å². The highest BCUT2D eigenvalue weighted by molar-refractivity contribution is 9.10. The Morgan fingerprint density at radius 3 is 2.79 bits per heavy atom. The Morgan fingerprint density at radius 2 is 2.11 bits per heavy atom. The fraction of sp³-hybridized carbons (Fsp3) is 0.500. The Hall–Kier alpha value is -1.07. The van der Waals surface area contributed by atoms with Crippen molar-refractivity contribution in [1.82, 2.24) is 5.32 Å². The van der Waals surface area contributed by atoms with Gasteiger partial charge in [-0.2, -0.15) is 0 Å². The number of aryl methyl sites for hydroxylation is 1. The Kier molecular flexibility index (Phi) is 3.27. The third kappa shape index (κ3) is 2.37. The number of carbonyl (C=O) groups is 1. The molecule has 2 aliphatic heterocycles. The van der Waals surface area contributed by atoms with Gasteiger partial charge in [-0.25, -0.2) is 4.79 Å². The molecule has 2 saturated heterocycles. The summed E-state index contributed by atoms with van der Waals surface area (Å²) in [6, 6.07) is 5.97. The third-order valence-corrected chi connectivity index (χ3v) is 4.81. The van der Waals surface area contributed by atoms with E-state index in [1.165, 1.54) is 0 Å². The van der Waals surface area contributed by atoms with Gasteiger partial charge in [-0.3, -0.25) is 4.90 Å². The van der Waals surface area contributed by atoms with E-state index in [-0.39, 0.29) is 11.7 Å². The molecule has 0 saturated carbocycles. The predicted octanol–water partition coefficient (Wildman–Crippen LogP) is 2.84. The summed E-state index contributed by atoms with van der Waals surface area (Å²) in [5.74, 6) is 0. The molecule has 5 heteroatoms.